The Morgan fingerprint density at radius 3 is 2.50 bits per heavy atom. The first kappa shape index (κ1) is 19.3. The highest BCUT2D eigenvalue weighted by atomic mass is 35.5. The molecule has 0 bridgehead atoms. The van der Waals surface area contributed by atoms with Crippen LogP contribution in [0.3, 0.4) is 0 Å². The minimum absolute atomic E-state index is 0. The normalized spacial score (nSPS) is 17.6. The van der Waals surface area contributed by atoms with Gasteiger partial charge in [-0.2, -0.15) is 13.2 Å². The maximum absolute atomic E-state index is 13.3. The summed E-state index contributed by atoms with van der Waals surface area (Å²) in [6.07, 6.45) is -2.26. The molecule has 124 valence electrons. The monoisotopic (exact) mass is 354 g/mol. The summed E-state index contributed by atoms with van der Waals surface area (Å²) < 4.78 is 39.8. The molecule has 1 aromatic carbocycles. The molecular formula is C15H19Cl2F3N2. The molecule has 1 aliphatic heterocycles. The van der Waals surface area contributed by atoms with E-state index in [0.29, 0.717) is 6.42 Å². The molecule has 22 heavy (non-hydrogen) atoms. The number of hydrogen-bond acceptors (Lipinski definition) is 2. The van der Waals surface area contributed by atoms with E-state index in [1.54, 1.807) is 6.08 Å². The van der Waals surface area contributed by atoms with Gasteiger partial charge in [0, 0.05) is 37.2 Å². The molecule has 1 N–H and O–H groups in total. The van der Waals surface area contributed by atoms with E-state index in [1.165, 1.54) is 12.1 Å². The van der Waals surface area contributed by atoms with E-state index in [2.05, 4.69) is 16.8 Å². The quantitative estimate of drug-likeness (QED) is 0.810. The second-order valence-electron chi connectivity index (χ2n) is 5.06. The Kier molecular flexibility index (Phi) is 7.19. The molecule has 1 aromatic rings. The average molecular weight is 355 g/mol. The lowest BCUT2D eigenvalue weighted by Gasteiger charge is -2.36. The zero-order valence-corrected chi connectivity index (χ0v) is 13.6. The Hall–Kier alpha value is -0.750. The predicted octanol–water partition coefficient (Wildman–Crippen LogP) is 4.30. The van der Waals surface area contributed by atoms with E-state index in [9.17, 15) is 13.2 Å². The number of alkyl halides is 3. The highest BCUT2D eigenvalue weighted by molar-refractivity contribution is 6.30. The van der Waals surface area contributed by atoms with Crippen molar-refractivity contribution in [2.45, 2.75) is 18.6 Å². The topological polar surface area (TPSA) is 15.3 Å². The van der Waals surface area contributed by atoms with Crippen molar-refractivity contribution in [1.29, 1.82) is 0 Å². The van der Waals surface area contributed by atoms with E-state index in [4.69, 9.17) is 11.6 Å². The van der Waals surface area contributed by atoms with E-state index in [1.807, 2.05) is 0 Å². The molecule has 2 nitrogen and oxygen atoms in total. The van der Waals surface area contributed by atoms with Crippen LogP contribution in [0, 0.1) is 0 Å². The Labute approximate surface area is 139 Å². The molecule has 0 amide bonds. The van der Waals surface area contributed by atoms with Crippen LogP contribution in [0.25, 0.3) is 0 Å². The summed E-state index contributed by atoms with van der Waals surface area (Å²) in [7, 11) is 0. The third kappa shape index (κ3) is 4.62. The van der Waals surface area contributed by atoms with Gasteiger partial charge in [0.1, 0.15) is 0 Å². The van der Waals surface area contributed by atoms with Crippen molar-refractivity contribution in [2.75, 3.05) is 26.2 Å². The zero-order valence-electron chi connectivity index (χ0n) is 12.0. The van der Waals surface area contributed by atoms with Crippen LogP contribution in [0.15, 0.2) is 30.9 Å². The van der Waals surface area contributed by atoms with Crippen LogP contribution in [-0.4, -0.2) is 31.1 Å². The van der Waals surface area contributed by atoms with Crippen molar-refractivity contribution >= 4 is 24.0 Å². The third-order valence-electron chi connectivity index (χ3n) is 3.66. The lowest BCUT2D eigenvalue weighted by Crippen LogP contribution is -2.45. The van der Waals surface area contributed by atoms with Gasteiger partial charge in [-0.1, -0.05) is 23.7 Å². The van der Waals surface area contributed by atoms with Crippen molar-refractivity contribution in [2.24, 2.45) is 0 Å². The first-order valence-corrected chi connectivity index (χ1v) is 7.23. The molecule has 0 aromatic heterocycles. The van der Waals surface area contributed by atoms with Crippen LogP contribution in [0.5, 0.6) is 0 Å². The standard InChI is InChI=1S/C15H18ClF3N2.ClH/c1-2-3-14(21-8-6-20-7-9-21)12-5-4-11(16)10-13(12)15(17,18)19;/h2,4-5,10,14,20H,1,3,6-9H2;1H/t14-;/m1./s1. The SMILES string of the molecule is C=CC[C@H](c1ccc(Cl)cc1C(F)(F)F)N1CCNCC1.Cl. The van der Waals surface area contributed by atoms with E-state index in [0.717, 1.165) is 32.2 Å². The molecule has 1 fully saturated rings. The summed E-state index contributed by atoms with van der Waals surface area (Å²) in [4.78, 5) is 2.07. The highest BCUT2D eigenvalue weighted by Crippen LogP contribution is 2.39. The summed E-state index contributed by atoms with van der Waals surface area (Å²) in [5, 5.41) is 3.31. The minimum Gasteiger partial charge on any atom is -0.314 e. The van der Waals surface area contributed by atoms with Crippen molar-refractivity contribution in [1.82, 2.24) is 10.2 Å². The van der Waals surface area contributed by atoms with Crippen LogP contribution in [0.4, 0.5) is 13.2 Å². The van der Waals surface area contributed by atoms with E-state index < -0.39 is 11.7 Å². The molecule has 1 heterocycles. The molecule has 0 radical (unpaired) electrons. The predicted molar refractivity (Wildman–Crippen MR) is 85.7 cm³/mol. The summed E-state index contributed by atoms with van der Waals surface area (Å²) >= 11 is 5.75. The molecule has 1 saturated heterocycles. The van der Waals surface area contributed by atoms with Gasteiger partial charge in [0.15, 0.2) is 0 Å². The van der Waals surface area contributed by atoms with Crippen LogP contribution in [0.2, 0.25) is 5.02 Å². The summed E-state index contributed by atoms with van der Waals surface area (Å²) in [5.74, 6) is 0. The van der Waals surface area contributed by atoms with Crippen LogP contribution in [0.1, 0.15) is 23.6 Å². The van der Waals surface area contributed by atoms with Crippen LogP contribution < -0.4 is 5.32 Å². The maximum Gasteiger partial charge on any atom is 0.416 e. The van der Waals surface area contributed by atoms with Gasteiger partial charge in [-0.3, -0.25) is 4.90 Å². The number of hydrogen-bond donors (Lipinski definition) is 1. The number of nitrogens with zero attached hydrogens (tertiary/aromatic N) is 1. The summed E-state index contributed by atoms with van der Waals surface area (Å²) in [6.45, 7) is 6.68. The Bertz CT molecular complexity index is 500. The van der Waals surface area contributed by atoms with Crippen molar-refractivity contribution in [3.8, 4) is 0 Å². The van der Waals surface area contributed by atoms with E-state index in [-0.39, 0.29) is 29.0 Å². The Morgan fingerprint density at radius 1 is 1.32 bits per heavy atom. The van der Waals surface area contributed by atoms with Gasteiger partial charge in [-0.25, -0.2) is 0 Å². The largest absolute Gasteiger partial charge is 0.416 e. The first-order chi connectivity index (χ1) is 9.93. The van der Waals surface area contributed by atoms with Gasteiger partial charge in [0.2, 0.25) is 0 Å². The van der Waals surface area contributed by atoms with Crippen LogP contribution >= 0.6 is 24.0 Å². The van der Waals surface area contributed by atoms with Crippen LogP contribution in [-0.2, 0) is 6.18 Å². The Balaban J connectivity index is 0.00000242. The van der Waals surface area contributed by atoms with Gasteiger partial charge in [0.25, 0.3) is 0 Å². The van der Waals surface area contributed by atoms with E-state index >= 15 is 0 Å². The lowest BCUT2D eigenvalue weighted by atomic mass is 9.95. The lowest BCUT2D eigenvalue weighted by molar-refractivity contribution is -0.138. The third-order valence-corrected chi connectivity index (χ3v) is 3.90. The molecule has 0 saturated carbocycles. The fraction of sp³-hybridized carbons (Fsp3) is 0.467. The van der Waals surface area contributed by atoms with Gasteiger partial charge in [-0.15, -0.1) is 19.0 Å². The van der Waals surface area contributed by atoms with Crippen molar-refractivity contribution < 1.29 is 13.2 Å². The molecule has 1 aliphatic rings. The van der Waals surface area contributed by atoms with Gasteiger partial charge < -0.3 is 5.32 Å². The second kappa shape index (κ2) is 8.20. The molecule has 1 atom stereocenters. The number of benzene rings is 1. The molecule has 0 unspecified atom stereocenters. The Morgan fingerprint density at radius 2 is 1.95 bits per heavy atom. The number of piperazine rings is 1. The first-order valence-electron chi connectivity index (χ1n) is 6.86. The molecule has 7 heteroatoms. The van der Waals surface area contributed by atoms with Gasteiger partial charge in [-0.05, 0) is 24.1 Å². The maximum atomic E-state index is 13.3. The number of nitrogens with one attached hydrogen (secondary N) is 1. The van der Waals surface area contributed by atoms with Gasteiger partial charge in [0.05, 0.1) is 5.56 Å². The smallest absolute Gasteiger partial charge is 0.314 e. The molecule has 0 spiro atoms. The average Bonchev–Trinajstić information content (AvgIpc) is 2.45. The summed E-state index contributed by atoms with van der Waals surface area (Å²) in [5.41, 5.74) is -0.380. The molecular weight excluding hydrogens is 336 g/mol. The fourth-order valence-corrected chi connectivity index (χ4v) is 2.86. The van der Waals surface area contributed by atoms with Crippen molar-refractivity contribution in [3.05, 3.63) is 47.0 Å². The molecule has 0 aliphatic carbocycles. The number of rotatable bonds is 4. The van der Waals surface area contributed by atoms with Gasteiger partial charge >= 0.3 is 6.18 Å². The minimum atomic E-state index is -4.41. The molecule has 2 rings (SSSR count). The fourth-order valence-electron chi connectivity index (χ4n) is 2.69. The highest BCUT2D eigenvalue weighted by Gasteiger charge is 2.36. The van der Waals surface area contributed by atoms with Crippen molar-refractivity contribution in [3.63, 3.8) is 0 Å². The number of halogens is 5. The summed E-state index contributed by atoms with van der Waals surface area (Å²) in [6, 6.07) is 3.69. The zero-order chi connectivity index (χ0) is 15.5. The second-order valence-corrected chi connectivity index (χ2v) is 5.49.